The van der Waals surface area contributed by atoms with E-state index in [1.807, 2.05) is 24.9 Å². The first-order chi connectivity index (χ1) is 9.70. The Labute approximate surface area is 121 Å². The maximum Gasteiger partial charge on any atom is 0.268 e. The number of carbonyl (C=O) groups is 1. The Balaban J connectivity index is 1.87. The highest BCUT2D eigenvalue weighted by Crippen LogP contribution is 2.32. The molecule has 0 aliphatic carbocycles. The van der Waals surface area contributed by atoms with Crippen molar-refractivity contribution < 1.29 is 4.79 Å². The molecule has 2 aromatic heterocycles. The largest absolute Gasteiger partial charge is 0.344 e. The van der Waals surface area contributed by atoms with Gasteiger partial charge >= 0.3 is 0 Å². The molecule has 0 saturated carbocycles. The number of nitrogens with zero attached hydrogens (tertiary/aromatic N) is 4. The number of hydrogen-bond acceptors (Lipinski definition) is 5. The summed E-state index contributed by atoms with van der Waals surface area (Å²) in [6.45, 7) is 4.73. The zero-order valence-corrected chi connectivity index (χ0v) is 12.4. The third kappa shape index (κ3) is 2.22. The van der Waals surface area contributed by atoms with E-state index >= 15 is 0 Å². The summed E-state index contributed by atoms with van der Waals surface area (Å²) < 4.78 is 3.91. The van der Waals surface area contributed by atoms with E-state index in [1.54, 1.807) is 0 Å². The number of aromatic nitrogens is 4. The van der Waals surface area contributed by atoms with E-state index in [1.165, 1.54) is 11.5 Å². The number of aryl methyl sites for hydroxylation is 2. The fourth-order valence-electron chi connectivity index (χ4n) is 2.63. The minimum absolute atomic E-state index is 0.0356. The van der Waals surface area contributed by atoms with Crippen LogP contribution in [0.1, 0.15) is 52.7 Å². The van der Waals surface area contributed by atoms with E-state index in [9.17, 15) is 4.79 Å². The Hall–Kier alpha value is -1.76. The van der Waals surface area contributed by atoms with E-state index < -0.39 is 0 Å². The van der Waals surface area contributed by atoms with Gasteiger partial charge in [-0.15, -0.1) is 5.10 Å². The molecule has 1 fully saturated rings. The van der Waals surface area contributed by atoms with Crippen molar-refractivity contribution in [2.24, 2.45) is 0 Å². The standard InChI is InChI=1S/C13H17N5OS/c1-3-9-11(20-17-16-9)13(19)18-6-4-5-10(18)12-14-7-8(2)15-12/h7,10H,3-6H2,1-2H3,(H,14,15)/t10-/m1/s1. The lowest BCUT2D eigenvalue weighted by molar-refractivity contribution is 0.0734. The van der Waals surface area contributed by atoms with Gasteiger partial charge < -0.3 is 9.88 Å². The third-order valence-corrected chi connectivity index (χ3v) is 4.39. The molecular formula is C13H17N5OS. The van der Waals surface area contributed by atoms with Crippen LogP contribution in [0.2, 0.25) is 0 Å². The summed E-state index contributed by atoms with van der Waals surface area (Å²) >= 11 is 1.19. The second-order valence-electron chi connectivity index (χ2n) is 5.01. The van der Waals surface area contributed by atoms with Crippen LogP contribution < -0.4 is 0 Å². The third-order valence-electron chi connectivity index (χ3n) is 3.64. The number of imidazole rings is 1. The van der Waals surface area contributed by atoms with Crippen LogP contribution in [0.5, 0.6) is 0 Å². The molecule has 0 bridgehead atoms. The van der Waals surface area contributed by atoms with Gasteiger partial charge in [-0.3, -0.25) is 4.79 Å². The molecule has 0 aromatic carbocycles. The van der Waals surface area contributed by atoms with Gasteiger partial charge in [-0.2, -0.15) is 0 Å². The smallest absolute Gasteiger partial charge is 0.268 e. The van der Waals surface area contributed by atoms with Gasteiger partial charge in [0, 0.05) is 18.4 Å². The lowest BCUT2D eigenvalue weighted by Crippen LogP contribution is -2.31. The first kappa shape index (κ1) is 13.2. The number of rotatable bonds is 3. The van der Waals surface area contributed by atoms with Gasteiger partial charge in [0.15, 0.2) is 0 Å². The highest BCUT2D eigenvalue weighted by atomic mass is 32.1. The molecule has 7 heteroatoms. The number of aromatic amines is 1. The van der Waals surface area contributed by atoms with Crippen molar-refractivity contribution in [3.63, 3.8) is 0 Å². The lowest BCUT2D eigenvalue weighted by atomic mass is 10.2. The summed E-state index contributed by atoms with van der Waals surface area (Å²) in [6.07, 6.45) is 4.49. The maximum atomic E-state index is 12.7. The Morgan fingerprint density at radius 3 is 3.15 bits per heavy atom. The number of H-pyrrole nitrogens is 1. The summed E-state index contributed by atoms with van der Waals surface area (Å²) in [5, 5.41) is 4.03. The summed E-state index contributed by atoms with van der Waals surface area (Å²) in [6, 6.07) is 0.0445. The number of carbonyl (C=O) groups excluding carboxylic acids is 1. The first-order valence-electron chi connectivity index (χ1n) is 6.84. The Morgan fingerprint density at radius 2 is 2.45 bits per heavy atom. The van der Waals surface area contributed by atoms with E-state index in [0.29, 0.717) is 4.88 Å². The predicted molar refractivity (Wildman–Crippen MR) is 75.6 cm³/mol. The van der Waals surface area contributed by atoms with Gasteiger partial charge in [-0.05, 0) is 37.7 Å². The number of nitrogens with one attached hydrogen (secondary N) is 1. The average molecular weight is 291 g/mol. The Morgan fingerprint density at radius 1 is 1.60 bits per heavy atom. The summed E-state index contributed by atoms with van der Waals surface area (Å²) in [5.74, 6) is 0.914. The van der Waals surface area contributed by atoms with E-state index in [0.717, 1.165) is 43.0 Å². The second-order valence-corrected chi connectivity index (χ2v) is 5.76. The van der Waals surface area contributed by atoms with Crippen molar-refractivity contribution in [2.45, 2.75) is 39.2 Å². The van der Waals surface area contributed by atoms with Crippen molar-refractivity contribution in [2.75, 3.05) is 6.54 Å². The maximum absolute atomic E-state index is 12.7. The molecule has 0 radical (unpaired) electrons. The molecule has 0 unspecified atom stereocenters. The van der Waals surface area contributed by atoms with Gasteiger partial charge in [0.05, 0.1) is 11.7 Å². The number of amides is 1. The van der Waals surface area contributed by atoms with Crippen molar-refractivity contribution >= 4 is 17.4 Å². The minimum atomic E-state index is 0.0356. The van der Waals surface area contributed by atoms with Crippen molar-refractivity contribution in [1.82, 2.24) is 24.5 Å². The van der Waals surface area contributed by atoms with E-state index in [-0.39, 0.29) is 11.9 Å². The highest BCUT2D eigenvalue weighted by molar-refractivity contribution is 7.08. The molecule has 0 spiro atoms. The molecule has 3 rings (SSSR count). The molecule has 2 aromatic rings. The van der Waals surface area contributed by atoms with Crippen LogP contribution in [0.3, 0.4) is 0 Å². The summed E-state index contributed by atoms with van der Waals surface area (Å²) in [7, 11) is 0. The van der Waals surface area contributed by atoms with Crippen LogP contribution in [0.25, 0.3) is 0 Å². The van der Waals surface area contributed by atoms with Crippen LogP contribution in [0, 0.1) is 6.92 Å². The van der Waals surface area contributed by atoms with Gasteiger partial charge in [-0.25, -0.2) is 4.98 Å². The van der Waals surface area contributed by atoms with Gasteiger partial charge in [0.1, 0.15) is 10.7 Å². The topological polar surface area (TPSA) is 74.8 Å². The predicted octanol–water partition coefficient (Wildman–Crippen LogP) is 2.11. The van der Waals surface area contributed by atoms with E-state index in [2.05, 4.69) is 19.6 Å². The molecule has 1 aliphatic rings. The molecule has 1 N–H and O–H groups in total. The number of likely N-dealkylation sites (tertiary alicyclic amines) is 1. The quantitative estimate of drug-likeness (QED) is 0.939. The van der Waals surface area contributed by atoms with Crippen molar-refractivity contribution in [3.8, 4) is 0 Å². The zero-order chi connectivity index (χ0) is 14.1. The molecule has 106 valence electrons. The van der Waals surface area contributed by atoms with Crippen LogP contribution in [-0.4, -0.2) is 36.9 Å². The van der Waals surface area contributed by atoms with Crippen molar-refractivity contribution in [3.05, 3.63) is 28.3 Å². The summed E-state index contributed by atoms with van der Waals surface area (Å²) in [4.78, 5) is 22.9. The molecular weight excluding hydrogens is 274 g/mol. The van der Waals surface area contributed by atoms with Crippen LogP contribution in [0.15, 0.2) is 6.20 Å². The lowest BCUT2D eigenvalue weighted by Gasteiger charge is -2.22. The molecule has 1 aliphatic heterocycles. The molecule has 20 heavy (non-hydrogen) atoms. The Bertz CT molecular complexity index is 620. The first-order valence-corrected chi connectivity index (χ1v) is 7.61. The average Bonchev–Trinajstić information content (AvgIpc) is 3.17. The Kier molecular flexibility index (Phi) is 3.52. The van der Waals surface area contributed by atoms with Crippen LogP contribution in [0.4, 0.5) is 0 Å². The van der Waals surface area contributed by atoms with Gasteiger partial charge in [0.2, 0.25) is 0 Å². The SMILES string of the molecule is CCc1nnsc1C(=O)N1CCC[C@@H]1c1ncc(C)[nH]1. The molecule has 1 atom stereocenters. The highest BCUT2D eigenvalue weighted by Gasteiger charge is 2.34. The van der Waals surface area contributed by atoms with Crippen molar-refractivity contribution in [1.29, 1.82) is 0 Å². The molecule has 6 nitrogen and oxygen atoms in total. The number of hydrogen-bond donors (Lipinski definition) is 1. The van der Waals surface area contributed by atoms with Gasteiger partial charge in [-0.1, -0.05) is 11.4 Å². The summed E-state index contributed by atoms with van der Waals surface area (Å²) in [5.41, 5.74) is 1.81. The monoisotopic (exact) mass is 291 g/mol. The fourth-order valence-corrected chi connectivity index (χ4v) is 3.34. The molecule has 3 heterocycles. The van der Waals surface area contributed by atoms with Gasteiger partial charge in [0.25, 0.3) is 5.91 Å². The minimum Gasteiger partial charge on any atom is -0.344 e. The normalized spacial score (nSPS) is 18.7. The fraction of sp³-hybridized carbons (Fsp3) is 0.538. The van der Waals surface area contributed by atoms with Crippen LogP contribution in [-0.2, 0) is 6.42 Å². The second kappa shape index (κ2) is 5.32. The molecule has 1 amide bonds. The van der Waals surface area contributed by atoms with E-state index in [4.69, 9.17) is 0 Å². The van der Waals surface area contributed by atoms with Crippen LogP contribution >= 0.6 is 11.5 Å². The molecule has 1 saturated heterocycles. The zero-order valence-electron chi connectivity index (χ0n) is 11.6.